The predicted molar refractivity (Wildman–Crippen MR) is 116 cm³/mol. The maximum Gasteiger partial charge on any atom is 0.255 e. The number of anilines is 1. The minimum atomic E-state index is -3.63. The van der Waals surface area contributed by atoms with Crippen molar-refractivity contribution in [3.8, 4) is 0 Å². The van der Waals surface area contributed by atoms with E-state index in [-0.39, 0.29) is 10.8 Å². The summed E-state index contributed by atoms with van der Waals surface area (Å²) in [6.07, 6.45) is 2.47. The van der Waals surface area contributed by atoms with Crippen molar-refractivity contribution in [3.05, 3.63) is 58.7 Å². The van der Waals surface area contributed by atoms with Gasteiger partial charge in [0.2, 0.25) is 10.0 Å². The first kappa shape index (κ1) is 21.5. The molecular weight excluding hydrogens is 386 g/mol. The number of likely N-dealkylation sites (tertiary alicyclic amines) is 1. The predicted octanol–water partition coefficient (Wildman–Crippen LogP) is 3.40. The molecule has 1 heterocycles. The standard InChI is InChI=1S/C22H29N3O3S/c1-16-12-19(14-21(17(16)2)29(27,28)24(3)4)22(26)23-20-9-7-8-18(13-20)15-25-10-5-6-11-25/h7-9,12-14H,5-6,10-11,15H2,1-4H3,(H,23,26). The van der Waals surface area contributed by atoms with E-state index in [4.69, 9.17) is 0 Å². The average molecular weight is 416 g/mol. The maximum atomic E-state index is 12.9. The Morgan fingerprint density at radius 1 is 1.10 bits per heavy atom. The van der Waals surface area contributed by atoms with E-state index in [1.807, 2.05) is 25.1 Å². The van der Waals surface area contributed by atoms with Gasteiger partial charge in [0.25, 0.3) is 5.91 Å². The van der Waals surface area contributed by atoms with Crippen LogP contribution in [0.4, 0.5) is 5.69 Å². The van der Waals surface area contributed by atoms with Crippen LogP contribution in [-0.4, -0.2) is 50.7 Å². The summed E-state index contributed by atoms with van der Waals surface area (Å²) in [5.74, 6) is -0.318. The van der Waals surface area contributed by atoms with Gasteiger partial charge in [-0.1, -0.05) is 12.1 Å². The van der Waals surface area contributed by atoms with Gasteiger partial charge in [0.05, 0.1) is 4.90 Å². The summed E-state index contributed by atoms with van der Waals surface area (Å²) in [7, 11) is -0.654. The smallest absolute Gasteiger partial charge is 0.255 e. The van der Waals surface area contributed by atoms with Gasteiger partial charge >= 0.3 is 0 Å². The molecule has 0 unspecified atom stereocenters. The van der Waals surface area contributed by atoms with Gasteiger partial charge in [0.15, 0.2) is 0 Å². The van der Waals surface area contributed by atoms with E-state index in [0.717, 1.165) is 35.1 Å². The molecule has 0 aliphatic carbocycles. The van der Waals surface area contributed by atoms with Crippen LogP contribution >= 0.6 is 0 Å². The molecular formula is C22H29N3O3S. The fourth-order valence-electron chi connectivity index (χ4n) is 3.57. The van der Waals surface area contributed by atoms with Crippen LogP contribution in [0.2, 0.25) is 0 Å². The highest BCUT2D eigenvalue weighted by molar-refractivity contribution is 7.89. The molecule has 2 aromatic carbocycles. The first-order valence-corrected chi connectivity index (χ1v) is 11.3. The second kappa shape index (κ2) is 8.65. The van der Waals surface area contributed by atoms with Gasteiger partial charge < -0.3 is 5.32 Å². The Morgan fingerprint density at radius 2 is 1.79 bits per heavy atom. The van der Waals surface area contributed by atoms with Crippen LogP contribution in [0.15, 0.2) is 41.3 Å². The third kappa shape index (κ3) is 4.86. The van der Waals surface area contributed by atoms with Crippen molar-refractivity contribution in [2.45, 2.75) is 38.1 Å². The zero-order chi connectivity index (χ0) is 21.2. The number of hydrogen-bond acceptors (Lipinski definition) is 4. The van der Waals surface area contributed by atoms with Crippen molar-refractivity contribution in [3.63, 3.8) is 0 Å². The molecule has 0 bridgehead atoms. The fourth-order valence-corrected chi connectivity index (χ4v) is 4.79. The quantitative estimate of drug-likeness (QED) is 0.785. The van der Waals surface area contributed by atoms with E-state index in [9.17, 15) is 13.2 Å². The number of sulfonamides is 1. The first-order valence-electron chi connectivity index (χ1n) is 9.85. The Labute approximate surface area is 173 Å². The average Bonchev–Trinajstić information content (AvgIpc) is 3.16. The fraction of sp³-hybridized carbons (Fsp3) is 0.409. The highest BCUT2D eigenvalue weighted by Crippen LogP contribution is 2.24. The molecule has 29 heavy (non-hydrogen) atoms. The number of aryl methyl sites for hydroxylation is 1. The zero-order valence-corrected chi connectivity index (χ0v) is 18.3. The van der Waals surface area contributed by atoms with Gasteiger partial charge in [-0.25, -0.2) is 12.7 Å². The van der Waals surface area contributed by atoms with Crippen molar-refractivity contribution in [2.75, 3.05) is 32.5 Å². The molecule has 1 N–H and O–H groups in total. The lowest BCUT2D eigenvalue weighted by Crippen LogP contribution is -2.24. The third-order valence-corrected chi connectivity index (χ3v) is 7.37. The molecule has 1 aliphatic heterocycles. The minimum absolute atomic E-state index is 0.162. The lowest BCUT2D eigenvalue weighted by molar-refractivity contribution is 0.102. The van der Waals surface area contributed by atoms with Crippen LogP contribution in [0.1, 0.15) is 39.9 Å². The number of nitrogens with one attached hydrogen (secondary N) is 1. The van der Waals surface area contributed by atoms with E-state index in [0.29, 0.717) is 16.8 Å². The van der Waals surface area contributed by atoms with Gasteiger partial charge in [-0.3, -0.25) is 9.69 Å². The van der Waals surface area contributed by atoms with Crippen LogP contribution in [0, 0.1) is 13.8 Å². The number of carbonyl (C=O) groups is 1. The number of benzene rings is 2. The summed E-state index contributed by atoms with van der Waals surface area (Å²) in [6.45, 7) is 6.68. The van der Waals surface area contributed by atoms with Crippen molar-refractivity contribution < 1.29 is 13.2 Å². The largest absolute Gasteiger partial charge is 0.322 e. The highest BCUT2D eigenvalue weighted by Gasteiger charge is 2.23. The van der Waals surface area contributed by atoms with Crippen LogP contribution in [0.25, 0.3) is 0 Å². The second-order valence-electron chi connectivity index (χ2n) is 7.84. The van der Waals surface area contributed by atoms with Gasteiger partial charge in [0.1, 0.15) is 0 Å². The summed E-state index contributed by atoms with van der Waals surface area (Å²) in [5, 5.41) is 2.91. The van der Waals surface area contributed by atoms with Gasteiger partial charge in [-0.2, -0.15) is 0 Å². The Kier molecular flexibility index (Phi) is 6.41. The number of nitrogens with zero attached hydrogens (tertiary/aromatic N) is 2. The summed E-state index contributed by atoms with van der Waals surface area (Å²) >= 11 is 0. The number of rotatable bonds is 6. The second-order valence-corrected chi connectivity index (χ2v) is 9.96. The molecule has 0 spiro atoms. The topological polar surface area (TPSA) is 69.7 Å². The molecule has 1 fully saturated rings. The van der Waals surface area contributed by atoms with Crippen LogP contribution in [-0.2, 0) is 16.6 Å². The van der Waals surface area contributed by atoms with Crippen LogP contribution in [0.3, 0.4) is 0 Å². The summed E-state index contributed by atoms with van der Waals surface area (Å²) in [6, 6.07) is 11.0. The molecule has 2 aromatic rings. The van der Waals surface area contributed by atoms with Crippen molar-refractivity contribution >= 4 is 21.6 Å². The summed E-state index contributed by atoms with van der Waals surface area (Å²) in [5.41, 5.74) is 3.62. The molecule has 1 amide bonds. The van der Waals surface area contributed by atoms with E-state index < -0.39 is 10.0 Å². The zero-order valence-electron chi connectivity index (χ0n) is 17.5. The molecule has 156 valence electrons. The van der Waals surface area contributed by atoms with Crippen molar-refractivity contribution in [1.29, 1.82) is 0 Å². The van der Waals surface area contributed by atoms with Gasteiger partial charge in [-0.15, -0.1) is 0 Å². The lowest BCUT2D eigenvalue weighted by atomic mass is 10.1. The van der Waals surface area contributed by atoms with Crippen molar-refractivity contribution in [1.82, 2.24) is 9.21 Å². The Balaban J connectivity index is 1.83. The van der Waals surface area contributed by atoms with E-state index >= 15 is 0 Å². The van der Waals surface area contributed by atoms with E-state index in [2.05, 4.69) is 16.3 Å². The maximum absolute atomic E-state index is 12.9. The Bertz CT molecular complexity index is 1010. The first-order chi connectivity index (χ1) is 13.7. The Hall–Kier alpha value is -2.22. The molecule has 7 heteroatoms. The van der Waals surface area contributed by atoms with E-state index in [1.54, 1.807) is 13.0 Å². The molecule has 1 saturated heterocycles. The Morgan fingerprint density at radius 3 is 2.45 bits per heavy atom. The minimum Gasteiger partial charge on any atom is -0.322 e. The normalized spacial score (nSPS) is 15.1. The monoisotopic (exact) mass is 415 g/mol. The van der Waals surface area contributed by atoms with Crippen LogP contribution in [0.5, 0.6) is 0 Å². The number of carbonyl (C=O) groups excluding carboxylic acids is 1. The van der Waals surface area contributed by atoms with Gasteiger partial charge in [-0.05, 0) is 80.7 Å². The summed E-state index contributed by atoms with van der Waals surface area (Å²) < 4.78 is 26.4. The number of hydrogen-bond donors (Lipinski definition) is 1. The van der Waals surface area contributed by atoms with Gasteiger partial charge in [0, 0.05) is 31.9 Å². The molecule has 3 rings (SSSR count). The molecule has 0 atom stereocenters. The molecule has 1 aliphatic rings. The third-order valence-electron chi connectivity index (χ3n) is 5.43. The number of amides is 1. The summed E-state index contributed by atoms with van der Waals surface area (Å²) in [4.78, 5) is 15.4. The molecule has 0 saturated carbocycles. The highest BCUT2D eigenvalue weighted by atomic mass is 32.2. The van der Waals surface area contributed by atoms with Crippen molar-refractivity contribution in [2.24, 2.45) is 0 Å². The lowest BCUT2D eigenvalue weighted by Gasteiger charge is -2.17. The van der Waals surface area contributed by atoms with Crippen LogP contribution < -0.4 is 5.32 Å². The SMILES string of the molecule is Cc1cc(C(=O)Nc2cccc(CN3CCCC3)c2)cc(S(=O)(=O)N(C)C)c1C. The molecule has 0 aromatic heterocycles. The molecule has 6 nitrogen and oxygen atoms in total. The molecule has 0 radical (unpaired) electrons. The van der Waals surface area contributed by atoms with E-state index in [1.165, 1.54) is 33.0 Å².